The molecule has 66 valence electrons. The molecule has 0 saturated carbocycles. The van der Waals surface area contributed by atoms with Gasteiger partial charge in [0, 0.05) is 4.90 Å². The van der Waals surface area contributed by atoms with Crippen molar-refractivity contribution in [3.05, 3.63) is 29.8 Å². The monoisotopic (exact) mass is 183 g/mol. The molecule has 2 N–H and O–H groups in total. The minimum Gasteiger partial charge on any atom is -0.297 e. The average Bonchev–Trinajstić information content (AvgIpc) is 2.17. The van der Waals surface area contributed by atoms with Gasteiger partial charge >= 0.3 is 0 Å². The van der Waals surface area contributed by atoms with Gasteiger partial charge in [0.05, 0.1) is 0 Å². The molecule has 0 radical (unpaired) electrons. The molecule has 0 aliphatic carbocycles. The predicted octanol–water partition coefficient (Wildman–Crippen LogP) is 2.36. The summed E-state index contributed by atoms with van der Waals surface area (Å²) < 4.78 is 0. The highest BCUT2D eigenvalue weighted by atomic mass is 32.2. The smallest absolute Gasteiger partial charge is 0.101 e. The number of nitrogens with two attached hydrogens (primary N) is 1. The molecule has 2 nitrogen and oxygen atoms in total. The lowest BCUT2D eigenvalue weighted by atomic mass is 10.1. The van der Waals surface area contributed by atoms with Gasteiger partial charge in [-0.3, -0.25) is 4.84 Å². The Balaban J connectivity index is 2.77. The van der Waals surface area contributed by atoms with E-state index in [-0.39, 0.29) is 6.10 Å². The van der Waals surface area contributed by atoms with Crippen molar-refractivity contribution in [2.45, 2.75) is 17.9 Å². The van der Waals surface area contributed by atoms with Crippen LogP contribution in [0.5, 0.6) is 0 Å². The molecule has 0 aliphatic rings. The summed E-state index contributed by atoms with van der Waals surface area (Å²) in [5.41, 5.74) is 1.11. The maximum Gasteiger partial charge on any atom is 0.101 e. The first-order valence-corrected chi connectivity index (χ1v) is 5.00. The van der Waals surface area contributed by atoms with Crippen molar-refractivity contribution in [1.29, 1.82) is 0 Å². The molecular formula is C9H13NOS. The van der Waals surface area contributed by atoms with Crippen LogP contribution in [0.1, 0.15) is 18.6 Å². The second kappa shape index (κ2) is 4.50. The quantitative estimate of drug-likeness (QED) is 0.577. The zero-order chi connectivity index (χ0) is 8.97. The average molecular weight is 183 g/mol. The van der Waals surface area contributed by atoms with Crippen molar-refractivity contribution in [2.24, 2.45) is 5.90 Å². The summed E-state index contributed by atoms with van der Waals surface area (Å²) in [4.78, 5) is 5.96. The number of thioether (sulfide) groups is 1. The van der Waals surface area contributed by atoms with Crippen molar-refractivity contribution < 1.29 is 4.84 Å². The molecule has 0 bridgehead atoms. The fourth-order valence-electron chi connectivity index (χ4n) is 0.953. The Bertz CT molecular complexity index is 235. The molecule has 0 saturated heterocycles. The minimum absolute atomic E-state index is 0.0269. The highest BCUT2D eigenvalue weighted by molar-refractivity contribution is 7.98. The van der Waals surface area contributed by atoms with E-state index in [1.807, 2.05) is 19.1 Å². The molecule has 0 aliphatic heterocycles. The Kier molecular flexibility index (Phi) is 3.59. The Morgan fingerprint density at radius 2 is 1.92 bits per heavy atom. The van der Waals surface area contributed by atoms with Gasteiger partial charge in [-0.1, -0.05) is 12.1 Å². The fourth-order valence-corrected chi connectivity index (χ4v) is 1.36. The summed E-state index contributed by atoms with van der Waals surface area (Å²) in [6.45, 7) is 1.92. The van der Waals surface area contributed by atoms with Gasteiger partial charge < -0.3 is 0 Å². The Morgan fingerprint density at radius 1 is 1.33 bits per heavy atom. The standard InChI is InChI=1S/C9H13NOS/c1-7(11-10)8-3-5-9(12-2)6-4-8/h3-7H,10H2,1-2H3. The number of hydrogen-bond acceptors (Lipinski definition) is 3. The number of hydrogen-bond donors (Lipinski definition) is 1. The molecule has 0 heterocycles. The zero-order valence-corrected chi connectivity index (χ0v) is 8.10. The highest BCUT2D eigenvalue weighted by Crippen LogP contribution is 2.19. The minimum atomic E-state index is -0.0269. The first-order chi connectivity index (χ1) is 5.77. The molecule has 1 aromatic rings. The normalized spacial score (nSPS) is 12.9. The van der Waals surface area contributed by atoms with Crippen LogP contribution in [-0.2, 0) is 4.84 Å². The van der Waals surface area contributed by atoms with Crippen LogP contribution in [0.2, 0.25) is 0 Å². The van der Waals surface area contributed by atoms with Crippen LogP contribution in [0.25, 0.3) is 0 Å². The van der Waals surface area contributed by atoms with E-state index in [4.69, 9.17) is 10.7 Å². The first kappa shape index (κ1) is 9.58. The summed E-state index contributed by atoms with van der Waals surface area (Å²) in [6.07, 6.45) is 2.03. The first-order valence-electron chi connectivity index (χ1n) is 3.77. The van der Waals surface area contributed by atoms with Crippen LogP contribution < -0.4 is 5.90 Å². The van der Waals surface area contributed by atoms with Gasteiger partial charge in [-0.2, -0.15) is 0 Å². The third-order valence-corrected chi connectivity index (χ3v) is 2.53. The van der Waals surface area contributed by atoms with E-state index in [2.05, 4.69) is 18.4 Å². The second-order valence-electron chi connectivity index (χ2n) is 2.55. The summed E-state index contributed by atoms with van der Waals surface area (Å²) in [6, 6.07) is 8.19. The van der Waals surface area contributed by atoms with E-state index >= 15 is 0 Å². The predicted molar refractivity (Wildman–Crippen MR) is 51.9 cm³/mol. The lowest BCUT2D eigenvalue weighted by Gasteiger charge is -2.08. The molecule has 0 fully saturated rings. The van der Waals surface area contributed by atoms with Crippen molar-refractivity contribution in [3.8, 4) is 0 Å². The fraction of sp³-hybridized carbons (Fsp3) is 0.333. The van der Waals surface area contributed by atoms with Gasteiger partial charge in [0.2, 0.25) is 0 Å². The molecule has 0 spiro atoms. The summed E-state index contributed by atoms with van der Waals surface area (Å²) in [5.74, 6) is 5.07. The topological polar surface area (TPSA) is 35.2 Å². The van der Waals surface area contributed by atoms with Crippen molar-refractivity contribution >= 4 is 11.8 Å². The maximum atomic E-state index is 5.07. The molecule has 1 atom stereocenters. The lowest BCUT2D eigenvalue weighted by molar-refractivity contribution is 0.0664. The van der Waals surface area contributed by atoms with Crippen LogP contribution >= 0.6 is 11.8 Å². The molecular weight excluding hydrogens is 170 g/mol. The molecule has 0 amide bonds. The lowest BCUT2D eigenvalue weighted by Crippen LogP contribution is -2.04. The Morgan fingerprint density at radius 3 is 2.33 bits per heavy atom. The van der Waals surface area contributed by atoms with E-state index in [0.29, 0.717) is 0 Å². The molecule has 1 aromatic carbocycles. The SMILES string of the molecule is CSc1ccc(C(C)ON)cc1. The zero-order valence-electron chi connectivity index (χ0n) is 7.28. The molecule has 1 rings (SSSR count). The van der Waals surface area contributed by atoms with Gasteiger partial charge in [0.25, 0.3) is 0 Å². The highest BCUT2D eigenvalue weighted by Gasteiger charge is 2.02. The molecule has 0 aromatic heterocycles. The molecule has 1 unspecified atom stereocenters. The maximum absolute atomic E-state index is 5.07. The third kappa shape index (κ3) is 2.24. The van der Waals surface area contributed by atoms with Gasteiger partial charge in [0.1, 0.15) is 6.10 Å². The second-order valence-corrected chi connectivity index (χ2v) is 3.43. The van der Waals surface area contributed by atoms with Crippen LogP contribution in [0.15, 0.2) is 29.2 Å². The molecule has 12 heavy (non-hydrogen) atoms. The molecule has 3 heteroatoms. The van der Waals surface area contributed by atoms with Gasteiger partial charge in [-0.15, -0.1) is 11.8 Å². The van der Waals surface area contributed by atoms with E-state index in [9.17, 15) is 0 Å². The number of benzene rings is 1. The van der Waals surface area contributed by atoms with Gasteiger partial charge in [-0.25, -0.2) is 5.90 Å². The summed E-state index contributed by atoms with van der Waals surface area (Å²) in [5, 5.41) is 0. The summed E-state index contributed by atoms with van der Waals surface area (Å²) in [7, 11) is 0. The Hall–Kier alpha value is -0.510. The van der Waals surface area contributed by atoms with Crippen LogP contribution in [0.3, 0.4) is 0 Å². The van der Waals surface area contributed by atoms with Gasteiger partial charge in [-0.05, 0) is 30.9 Å². The Labute approximate surface area is 77.1 Å². The van der Waals surface area contributed by atoms with E-state index < -0.39 is 0 Å². The number of rotatable bonds is 3. The summed E-state index contributed by atoms with van der Waals surface area (Å²) >= 11 is 1.72. The largest absolute Gasteiger partial charge is 0.297 e. The van der Waals surface area contributed by atoms with Crippen molar-refractivity contribution in [1.82, 2.24) is 0 Å². The van der Waals surface area contributed by atoms with Crippen molar-refractivity contribution in [2.75, 3.05) is 6.26 Å². The van der Waals surface area contributed by atoms with E-state index in [1.54, 1.807) is 11.8 Å². The van der Waals surface area contributed by atoms with Crippen LogP contribution in [-0.4, -0.2) is 6.26 Å². The third-order valence-electron chi connectivity index (χ3n) is 1.79. The van der Waals surface area contributed by atoms with Gasteiger partial charge in [0.15, 0.2) is 0 Å². The van der Waals surface area contributed by atoms with E-state index in [0.717, 1.165) is 5.56 Å². The van der Waals surface area contributed by atoms with Crippen molar-refractivity contribution in [3.63, 3.8) is 0 Å². The van der Waals surface area contributed by atoms with Crippen LogP contribution in [0.4, 0.5) is 0 Å². The van der Waals surface area contributed by atoms with Crippen LogP contribution in [0, 0.1) is 0 Å². The van der Waals surface area contributed by atoms with E-state index in [1.165, 1.54) is 4.90 Å².